The Hall–Kier alpha value is -6.51. The van der Waals surface area contributed by atoms with Gasteiger partial charge in [0.1, 0.15) is 5.82 Å². The predicted molar refractivity (Wildman–Crippen MR) is 232 cm³/mol. The van der Waals surface area contributed by atoms with E-state index in [-0.39, 0.29) is 11.8 Å². The van der Waals surface area contributed by atoms with Crippen LogP contribution in [0.1, 0.15) is 47.1 Å². The largest absolute Gasteiger partial charge is 0.296 e. The minimum Gasteiger partial charge on any atom is -0.296 e. The van der Waals surface area contributed by atoms with Gasteiger partial charge in [0, 0.05) is 23.4 Å². The lowest BCUT2D eigenvalue weighted by Gasteiger charge is -2.30. The van der Waals surface area contributed by atoms with Crippen molar-refractivity contribution in [1.29, 1.82) is 0 Å². The third-order valence-electron chi connectivity index (χ3n) is 12.1. The molecule has 262 valence electrons. The van der Waals surface area contributed by atoms with E-state index in [4.69, 9.17) is 4.98 Å². The highest BCUT2D eigenvalue weighted by Crippen LogP contribution is 2.48. The number of hydrogen-bond acceptors (Lipinski definition) is 1. The first-order chi connectivity index (χ1) is 27.3. The number of imidazole rings is 1. The molecule has 0 amide bonds. The summed E-state index contributed by atoms with van der Waals surface area (Å²) < 4.78 is 2.38. The van der Waals surface area contributed by atoms with E-state index >= 15 is 0 Å². The Labute approximate surface area is 322 Å². The number of fused-ring (bicyclic) bond motifs is 5. The molecule has 4 aliphatic carbocycles. The fourth-order valence-electron chi connectivity index (χ4n) is 9.56. The Morgan fingerprint density at radius 3 is 2.25 bits per heavy atom. The van der Waals surface area contributed by atoms with Crippen molar-refractivity contribution in [1.82, 2.24) is 9.55 Å². The molecule has 0 saturated heterocycles. The van der Waals surface area contributed by atoms with E-state index in [0.29, 0.717) is 5.92 Å². The summed E-state index contributed by atoms with van der Waals surface area (Å²) in [6.45, 7) is 0. The summed E-state index contributed by atoms with van der Waals surface area (Å²) >= 11 is 0. The molecule has 0 bridgehead atoms. The van der Waals surface area contributed by atoms with Crippen molar-refractivity contribution < 1.29 is 0 Å². The lowest BCUT2D eigenvalue weighted by Crippen LogP contribution is -2.15. The fourth-order valence-corrected chi connectivity index (χ4v) is 9.56. The maximum Gasteiger partial charge on any atom is 0.121 e. The number of allylic oxidation sites excluding steroid dienone is 13. The number of benzene rings is 6. The average Bonchev–Trinajstić information content (AvgIpc) is 3.65. The smallest absolute Gasteiger partial charge is 0.121 e. The number of aromatic nitrogens is 2. The van der Waals surface area contributed by atoms with Crippen molar-refractivity contribution in [2.24, 2.45) is 11.8 Å². The molecule has 0 aliphatic heterocycles. The van der Waals surface area contributed by atoms with E-state index in [9.17, 15) is 0 Å². The number of rotatable bonds is 5. The Bertz CT molecular complexity index is 2900. The maximum absolute atomic E-state index is 5.28. The van der Waals surface area contributed by atoms with Crippen LogP contribution in [0.2, 0.25) is 0 Å². The Morgan fingerprint density at radius 1 is 0.618 bits per heavy atom. The van der Waals surface area contributed by atoms with Crippen LogP contribution in [0, 0.1) is 11.8 Å². The molecule has 2 heteroatoms. The van der Waals surface area contributed by atoms with Crippen LogP contribution in [0.5, 0.6) is 0 Å². The molecule has 0 N–H and O–H groups in total. The van der Waals surface area contributed by atoms with Crippen molar-refractivity contribution in [2.75, 3.05) is 0 Å². The summed E-state index contributed by atoms with van der Waals surface area (Å²) in [5, 5.41) is 7.73. The number of hydrogen-bond donors (Lipinski definition) is 0. The van der Waals surface area contributed by atoms with E-state index in [1.54, 1.807) is 0 Å². The molecular weight excluding hydrogens is 665 g/mol. The van der Waals surface area contributed by atoms with Crippen molar-refractivity contribution in [2.45, 2.75) is 25.2 Å². The predicted octanol–water partition coefficient (Wildman–Crippen LogP) is 13.4. The lowest BCUT2D eigenvalue weighted by atomic mass is 9.74. The van der Waals surface area contributed by atoms with Gasteiger partial charge in [0.05, 0.1) is 11.4 Å². The summed E-state index contributed by atoms with van der Waals surface area (Å²) in [5.41, 5.74) is 11.4. The van der Waals surface area contributed by atoms with Crippen molar-refractivity contribution in [3.63, 3.8) is 0 Å². The maximum atomic E-state index is 5.28. The van der Waals surface area contributed by atoms with Crippen molar-refractivity contribution in [3.8, 4) is 16.8 Å². The third kappa shape index (κ3) is 5.28. The van der Waals surface area contributed by atoms with Crippen LogP contribution in [0.4, 0.5) is 0 Å². The van der Waals surface area contributed by atoms with Gasteiger partial charge in [-0.1, -0.05) is 164 Å². The van der Waals surface area contributed by atoms with E-state index in [1.165, 1.54) is 82.8 Å². The zero-order valence-corrected chi connectivity index (χ0v) is 30.6. The summed E-state index contributed by atoms with van der Waals surface area (Å²) in [4.78, 5) is 5.28. The van der Waals surface area contributed by atoms with E-state index < -0.39 is 0 Å². The van der Waals surface area contributed by atoms with Crippen LogP contribution >= 0.6 is 0 Å². The second kappa shape index (κ2) is 13.1. The van der Waals surface area contributed by atoms with E-state index in [1.807, 2.05) is 0 Å². The first-order valence-electron chi connectivity index (χ1n) is 19.7. The average molecular weight is 705 g/mol. The zero-order valence-electron chi connectivity index (χ0n) is 30.6. The van der Waals surface area contributed by atoms with Gasteiger partial charge >= 0.3 is 0 Å². The SMILES string of the molecule is C1=CC2C=CC=C(c3c4ccccc4c(-c4cccc5ccccc45)c4ccc(C5=CC[C@@H](c6nc7c(n6-c6ccccc6)C=CCC7)C=C5)cc34)C2C=C1. The standard InChI is InChI=1S/C53H40N2/c1-2-18-40(19-3-1)55-50-27-11-10-26-49(50)54-53(55)38-30-28-35(29-31-38)39-32-33-47-48(34-39)52(44-25-13-17-37-15-5-7-21-42(37)44)46-23-9-8-22-45(46)51(47)43-24-12-16-36-14-4-6-20-41(36)43/h1-9,11-25,27-30,32-34,37-38,42H,10,26,31H2/t37?,38-,42?/m0/s1. The summed E-state index contributed by atoms with van der Waals surface area (Å²) in [5.74, 6) is 1.97. The van der Waals surface area contributed by atoms with E-state index in [0.717, 1.165) is 25.1 Å². The summed E-state index contributed by atoms with van der Waals surface area (Å²) in [7, 11) is 0. The van der Waals surface area contributed by atoms with Crippen LogP contribution in [0.15, 0.2) is 182 Å². The van der Waals surface area contributed by atoms with Crippen molar-refractivity contribution in [3.05, 3.63) is 210 Å². The van der Waals surface area contributed by atoms with E-state index in [2.05, 4.69) is 193 Å². The molecule has 3 atom stereocenters. The molecule has 6 aromatic carbocycles. The molecule has 1 aromatic heterocycles. The Balaban J connectivity index is 1.08. The molecule has 0 saturated carbocycles. The molecule has 2 unspecified atom stereocenters. The van der Waals surface area contributed by atoms with Crippen LogP contribution in [0.3, 0.4) is 0 Å². The summed E-state index contributed by atoms with van der Waals surface area (Å²) in [6, 6.07) is 42.6. The number of aryl methyl sites for hydroxylation is 1. The van der Waals surface area contributed by atoms with Gasteiger partial charge in [0.25, 0.3) is 0 Å². The van der Waals surface area contributed by atoms with Crippen LogP contribution in [-0.4, -0.2) is 9.55 Å². The minimum absolute atomic E-state index is 0.197. The molecule has 0 fully saturated rings. The normalized spacial score (nSPS) is 19.8. The molecule has 4 aliphatic rings. The highest BCUT2D eigenvalue weighted by Gasteiger charge is 2.29. The van der Waals surface area contributed by atoms with Crippen LogP contribution in [0.25, 0.3) is 66.4 Å². The van der Waals surface area contributed by atoms with Crippen molar-refractivity contribution >= 4 is 49.5 Å². The topological polar surface area (TPSA) is 17.8 Å². The highest BCUT2D eigenvalue weighted by atomic mass is 15.1. The van der Waals surface area contributed by atoms with Gasteiger partial charge in [0.15, 0.2) is 0 Å². The first kappa shape index (κ1) is 32.0. The zero-order chi connectivity index (χ0) is 36.3. The third-order valence-corrected chi connectivity index (χ3v) is 12.1. The fraction of sp³-hybridized carbons (Fsp3) is 0.113. The lowest BCUT2D eigenvalue weighted by molar-refractivity contribution is 0.679. The van der Waals surface area contributed by atoms with Gasteiger partial charge in [-0.15, -0.1) is 0 Å². The summed E-state index contributed by atoms with van der Waals surface area (Å²) in [6.07, 6.45) is 30.8. The van der Waals surface area contributed by atoms with Gasteiger partial charge in [-0.2, -0.15) is 0 Å². The van der Waals surface area contributed by atoms with Gasteiger partial charge in [-0.25, -0.2) is 4.98 Å². The molecule has 11 rings (SSSR count). The second-order valence-corrected chi connectivity index (χ2v) is 15.2. The Morgan fingerprint density at radius 2 is 1.38 bits per heavy atom. The van der Waals surface area contributed by atoms with Gasteiger partial charge < -0.3 is 0 Å². The van der Waals surface area contributed by atoms with Gasteiger partial charge in [0.2, 0.25) is 0 Å². The molecule has 0 spiro atoms. The second-order valence-electron chi connectivity index (χ2n) is 15.2. The Kier molecular flexibility index (Phi) is 7.62. The first-order valence-corrected chi connectivity index (χ1v) is 19.7. The highest BCUT2D eigenvalue weighted by molar-refractivity contribution is 6.22. The van der Waals surface area contributed by atoms with Crippen LogP contribution in [-0.2, 0) is 6.42 Å². The monoisotopic (exact) mass is 704 g/mol. The molecule has 55 heavy (non-hydrogen) atoms. The quantitative estimate of drug-likeness (QED) is 0.163. The number of para-hydroxylation sites is 1. The molecule has 0 radical (unpaired) electrons. The molecule has 1 heterocycles. The van der Waals surface area contributed by atoms with Gasteiger partial charge in [-0.05, 0) is 109 Å². The number of nitrogens with zero attached hydrogens (tertiary/aromatic N) is 2. The molecule has 7 aromatic rings. The minimum atomic E-state index is 0.197. The van der Waals surface area contributed by atoms with Crippen LogP contribution < -0.4 is 0 Å². The van der Waals surface area contributed by atoms with Gasteiger partial charge in [-0.3, -0.25) is 4.57 Å². The molecular formula is C53H40N2. The molecule has 2 nitrogen and oxygen atoms in total.